The largest absolute Gasteiger partial charge is 0.382 e. The predicted molar refractivity (Wildman–Crippen MR) is 122 cm³/mol. The van der Waals surface area contributed by atoms with Gasteiger partial charge in [0.25, 0.3) is 5.56 Å². The van der Waals surface area contributed by atoms with Gasteiger partial charge in [-0.1, -0.05) is 41.9 Å². The zero-order valence-electron chi connectivity index (χ0n) is 16.2. The van der Waals surface area contributed by atoms with E-state index in [1.807, 2.05) is 55.5 Å². The van der Waals surface area contributed by atoms with Crippen LogP contribution in [-0.2, 0) is 0 Å². The highest BCUT2D eigenvalue weighted by molar-refractivity contribution is 6.35. The van der Waals surface area contributed by atoms with Gasteiger partial charge in [-0.3, -0.25) is 14.4 Å². The van der Waals surface area contributed by atoms with Crippen molar-refractivity contribution in [2.24, 2.45) is 4.99 Å². The Bertz CT molecular complexity index is 1300. The monoisotopic (exact) mass is 418 g/mol. The number of hydrogen-bond donors (Lipinski definition) is 2. The first-order chi connectivity index (χ1) is 14.5. The summed E-state index contributed by atoms with van der Waals surface area (Å²) in [6.45, 7) is 5.47. The van der Waals surface area contributed by atoms with Crippen molar-refractivity contribution in [3.05, 3.63) is 82.0 Å². The molecule has 0 aliphatic heterocycles. The molecule has 0 aliphatic rings. The number of pyridine rings is 1. The van der Waals surface area contributed by atoms with E-state index >= 15 is 0 Å². The third-order valence-corrected chi connectivity index (χ3v) is 5.16. The molecule has 0 spiro atoms. The lowest BCUT2D eigenvalue weighted by atomic mass is 10.1. The lowest BCUT2D eigenvalue weighted by Crippen LogP contribution is -2.25. The quantitative estimate of drug-likeness (QED) is 0.464. The molecular formula is C22H19ClN6O. The number of nitrogens with zero attached hydrogens (tertiary/aromatic N) is 4. The van der Waals surface area contributed by atoms with Gasteiger partial charge >= 0.3 is 0 Å². The molecule has 0 fully saturated rings. The van der Waals surface area contributed by atoms with E-state index in [0.29, 0.717) is 21.9 Å². The highest BCUT2D eigenvalue weighted by Crippen LogP contribution is 2.31. The van der Waals surface area contributed by atoms with Gasteiger partial charge in [-0.05, 0) is 43.3 Å². The summed E-state index contributed by atoms with van der Waals surface area (Å²) in [4.78, 5) is 25.6. The van der Waals surface area contributed by atoms with Crippen molar-refractivity contribution >= 4 is 46.4 Å². The molecule has 0 saturated heterocycles. The van der Waals surface area contributed by atoms with Crippen LogP contribution in [0.1, 0.15) is 18.7 Å². The third kappa shape index (κ3) is 3.40. The molecule has 2 heterocycles. The van der Waals surface area contributed by atoms with Crippen LogP contribution in [0.3, 0.4) is 0 Å². The van der Waals surface area contributed by atoms with Gasteiger partial charge in [0.1, 0.15) is 12.0 Å². The van der Waals surface area contributed by atoms with Crippen LogP contribution in [-0.4, -0.2) is 21.3 Å². The van der Waals surface area contributed by atoms with Gasteiger partial charge in [0.2, 0.25) is 0 Å². The number of halogens is 1. The highest BCUT2D eigenvalue weighted by Gasteiger charge is 2.19. The van der Waals surface area contributed by atoms with Crippen LogP contribution in [0, 0.1) is 0 Å². The van der Waals surface area contributed by atoms with E-state index in [9.17, 15) is 4.79 Å². The summed E-state index contributed by atoms with van der Waals surface area (Å²) >= 11 is 6.36. The lowest BCUT2D eigenvalue weighted by molar-refractivity contribution is 0.773. The van der Waals surface area contributed by atoms with E-state index in [-0.39, 0.29) is 17.4 Å². The molecule has 4 rings (SSSR count). The Hall–Kier alpha value is -3.71. The lowest BCUT2D eigenvalue weighted by Gasteiger charge is -2.22. The standard InChI is InChI=1S/C22H19ClN6O/c1-13(28-21-19(25-2)20(24)26-12-27-21)17-11-14-7-6-10-16(23)18(14)22(30)29(17)15-8-4-3-5-9-15/h3-13H,2H2,1H3,(H3,24,26,27,28)/t13-/m0/s1. The first kappa shape index (κ1) is 19.6. The minimum absolute atomic E-state index is 0.197. The molecular weight excluding hydrogens is 400 g/mol. The first-order valence-electron chi connectivity index (χ1n) is 9.24. The number of para-hydroxylation sites is 1. The Balaban J connectivity index is 1.93. The van der Waals surface area contributed by atoms with Crippen LogP contribution in [0.5, 0.6) is 0 Å². The topological polar surface area (TPSA) is 98.2 Å². The van der Waals surface area contributed by atoms with Crippen LogP contribution in [0.4, 0.5) is 17.3 Å². The summed E-state index contributed by atoms with van der Waals surface area (Å²) in [6, 6.07) is 16.4. The van der Waals surface area contributed by atoms with Crippen LogP contribution < -0.4 is 16.6 Å². The molecule has 2 aromatic heterocycles. The molecule has 2 aromatic carbocycles. The van der Waals surface area contributed by atoms with Gasteiger partial charge in [0.05, 0.1) is 16.5 Å². The summed E-state index contributed by atoms with van der Waals surface area (Å²) in [7, 11) is 0. The van der Waals surface area contributed by atoms with E-state index in [1.54, 1.807) is 10.6 Å². The van der Waals surface area contributed by atoms with Crippen molar-refractivity contribution in [2.75, 3.05) is 11.1 Å². The van der Waals surface area contributed by atoms with Crippen LogP contribution in [0.25, 0.3) is 16.5 Å². The SMILES string of the molecule is C=Nc1c(N)ncnc1N[C@@H](C)c1cc2cccc(Cl)c2c(=O)n1-c1ccccc1. The fraction of sp³-hybridized carbons (Fsp3) is 0.0909. The second-order valence-corrected chi connectivity index (χ2v) is 7.14. The Morgan fingerprint density at radius 3 is 2.67 bits per heavy atom. The Morgan fingerprint density at radius 1 is 1.17 bits per heavy atom. The van der Waals surface area contributed by atoms with Crippen LogP contribution >= 0.6 is 11.6 Å². The molecule has 0 unspecified atom stereocenters. The normalized spacial score (nSPS) is 11.9. The molecule has 1 atom stereocenters. The molecule has 8 heteroatoms. The average molecular weight is 419 g/mol. The molecule has 7 nitrogen and oxygen atoms in total. The summed E-state index contributed by atoms with van der Waals surface area (Å²) in [5.74, 6) is 0.656. The Morgan fingerprint density at radius 2 is 1.93 bits per heavy atom. The van der Waals surface area contributed by atoms with Gasteiger partial charge in [0.15, 0.2) is 11.6 Å². The third-order valence-electron chi connectivity index (χ3n) is 4.84. The molecule has 0 amide bonds. The Kier molecular flexibility index (Phi) is 5.20. The summed E-state index contributed by atoms with van der Waals surface area (Å²) in [5, 5.41) is 4.92. The predicted octanol–water partition coefficient (Wildman–Crippen LogP) is 4.52. The second kappa shape index (κ2) is 7.96. The van der Waals surface area contributed by atoms with Gasteiger partial charge in [-0.25, -0.2) is 9.97 Å². The van der Waals surface area contributed by atoms with Gasteiger partial charge < -0.3 is 11.1 Å². The summed E-state index contributed by atoms with van der Waals surface area (Å²) in [5.41, 5.74) is 7.52. The first-order valence-corrected chi connectivity index (χ1v) is 9.62. The van der Waals surface area contributed by atoms with Crippen LogP contribution in [0.2, 0.25) is 5.02 Å². The second-order valence-electron chi connectivity index (χ2n) is 6.73. The Labute approximate surface area is 177 Å². The number of aromatic nitrogens is 3. The maximum Gasteiger partial charge on any atom is 0.264 e. The average Bonchev–Trinajstić information content (AvgIpc) is 2.74. The molecule has 0 bridgehead atoms. The van der Waals surface area contributed by atoms with E-state index in [0.717, 1.165) is 16.8 Å². The molecule has 150 valence electrons. The number of aliphatic imine (C=N–C) groups is 1. The fourth-order valence-corrected chi connectivity index (χ4v) is 3.70. The van der Waals surface area contributed by atoms with E-state index in [1.165, 1.54) is 6.33 Å². The van der Waals surface area contributed by atoms with E-state index in [4.69, 9.17) is 17.3 Å². The van der Waals surface area contributed by atoms with Crippen molar-refractivity contribution < 1.29 is 0 Å². The fourth-order valence-electron chi connectivity index (χ4n) is 3.43. The molecule has 0 saturated carbocycles. The van der Waals surface area contributed by atoms with E-state index in [2.05, 4.69) is 27.0 Å². The summed E-state index contributed by atoms with van der Waals surface area (Å²) in [6.07, 6.45) is 1.35. The van der Waals surface area contributed by atoms with Gasteiger partial charge in [-0.15, -0.1) is 0 Å². The number of rotatable bonds is 5. The molecule has 3 N–H and O–H groups in total. The number of nitrogens with one attached hydrogen (secondary N) is 1. The van der Waals surface area contributed by atoms with Crippen molar-refractivity contribution in [1.82, 2.24) is 14.5 Å². The number of anilines is 2. The van der Waals surface area contributed by atoms with Crippen molar-refractivity contribution in [1.29, 1.82) is 0 Å². The number of hydrogen-bond acceptors (Lipinski definition) is 6. The minimum Gasteiger partial charge on any atom is -0.382 e. The molecule has 0 aliphatic carbocycles. The number of nitrogen functional groups attached to an aromatic ring is 1. The zero-order chi connectivity index (χ0) is 21.3. The maximum absolute atomic E-state index is 13.5. The smallest absolute Gasteiger partial charge is 0.264 e. The minimum atomic E-state index is -0.323. The molecule has 0 radical (unpaired) electrons. The van der Waals surface area contributed by atoms with Crippen LogP contribution in [0.15, 0.2) is 70.7 Å². The van der Waals surface area contributed by atoms with Gasteiger partial charge in [0, 0.05) is 11.4 Å². The highest BCUT2D eigenvalue weighted by atomic mass is 35.5. The van der Waals surface area contributed by atoms with Crippen molar-refractivity contribution in [3.8, 4) is 5.69 Å². The van der Waals surface area contributed by atoms with Crippen molar-refractivity contribution in [3.63, 3.8) is 0 Å². The van der Waals surface area contributed by atoms with Gasteiger partial charge in [-0.2, -0.15) is 0 Å². The molecule has 30 heavy (non-hydrogen) atoms. The van der Waals surface area contributed by atoms with Crippen molar-refractivity contribution in [2.45, 2.75) is 13.0 Å². The number of fused-ring (bicyclic) bond motifs is 1. The maximum atomic E-state index is 13.5. The summed E-state index contributed by atoms with van der Waals surface area (Å²) < 4.78 is 1.65. The number of nitrogens with two attached hydrogens (primary N) is 1. The zero-order valence-corrected chi connectivity index (χ0v) is 17.0. The number of benzene rings is 2. The van der Waals surface area contributed by atoms with E-state index < -0.39 is 0 Å². The molecule has 4 aromatic rings.